The van der Waals surface area contributed by atoms with Crippen molar-refractivity contribution in [1.29, 1.82) is 0 Å². The second-order valence-electron chi connectivity index (χ2n) is 3.86. The van der Waals surface area contributed by atoms with E-state index >= 15 is 0 Å². The third kappa shape index (κ3) is 4.98. The quantitative estimate of drug-likeness (QED) is 0.765. The summed E-state index contributed by atoms with van der Waals surface area (Å²) >= 11 is 5.60. The van der Waals surface area contributed by atoms with Crippen LogP contribution in [0, 0.1) is 0 Å². The molecule has 0 radical (unpaired) electrons. The molecule has 0 atom stereocenters. The van der Waals surface area contributed by atoms with Gasteiger partial charge in [0.15, 0.2) is 0 Å². The Hall–Kier alpha value is -1.20. The van der Waals surface area contributed by atoms with Crippen molar-refractivity contribution in [2.24, 2.45) is 0 Å². The van der Waals surface area contributed by atoms with Crippen LogP contribution in [0.2, 0.25) is 5.15 Å². The average molecular weight is 271 g/mol. The highest BCUT2D eigenvalue weighted by Crippen LogP contribution is 2.01. The Kier molecular flexibility index (Phi) is 6.60. The first-order valence-corrected chi connectivity index (χ1v) is 6.53. The summed E-state index contributed by atoms with van der Waals surface area (Å²) in [6, 6.07) is 0. The molecular formula is C12H19ClN4O. The number of amides is 1. The smallest absolute Gasteiger partial charge is 0.271 e. The largest absolute Gasteiger partial charge is 0.351 e. The maximum absolute atomic E-state index is 11.7. The van der Waals surface area contributed by atoms with Gasteiger partial charge in [0.05, 0.1) is 12.4 Å². The minimum Gasteiger partial charge on any atom is -0.351 e. The molecule has 0 aromatic carbocycles. The van der Waals surface area contributed by atoms with Crippen LogP contribution in [0.5, 0.6) is 0 Å². The summed E-state index contributed by atoms with van der Waals surface area (Å²) in [6.45, 7) is 7.95. The lowest BCUT2D eigenvalue weighted by atomic mass is 10.3. The Labute approximate surface area is 113 Å². The van der Waals surface area contributed by atoms with Gasteiger partial charge in [0.25, 0.3) is 5.91 Å². The highest BCUT2D eigenvalue weighted by molar-refractivity contribution is 6.29. The number of hydrogen-bond acceptors (Lipinski definition) is 4. The molecule has 100 valence electrons. The van der Waals surface area contributed by atoms with Crippen molar-refractivity contribution >= 4 is 17.5 Å². The Morgan fingerprint density at radius 3 is 2.61 bits per heavy atom. The van der Waals surface area contributed by atoms with Crippen LogP contribution in [-0.2, 0) is 0 Å². The predicted octanol–water partition coefficient (Wildman–Crippen LogP) is 1.59. The first kappa shape index (κ1) is 14.9. The second kappa shape index (κ2) is 8.00. The molecule has 1 aromatic rings. The summed E-state index contributed by atoms with van der Waals surface area (Å²) in [5.74, 6) is -0.210. The number of nitrogens with zero attached hydrogens (tertiary/aromatic N) is 3. The molecule has 0 fully saturated rings. The zero-order chi connectivity index (χ0) is 13.4. The standard InChI is InChI=1S/C12H19ClN4O/c1-3-17(4-2)7-5-6-14-12(18)10-8-16-11(13)9-15-10/h8-9H,3-7H2,1-2H3,(H,14,18). The van der Waals surface area contributed by atoms with Crippen LogP contribution in [0.1, 0.15) is 30.8 Å². The monoisotopic (exact) mass is 270 g/mol. The van der Waals surface area contributed by atoms with E-state index < -0.39 is 0 Å². The van der Waals surface area contributed by atoms with E-state index in [9.17, 15) is 4.79 Å². The lowest BCUT2D eigenvalue weighted by Crippen LogP contribution is -2.30. The van der Waals surface area contributed by atoms with Crippen molar-refractivity contribution in [2.45, 2.75) is 20.3 Å². The summed E-state index contributed by atoms with van der Waals surface area (Å²) in [6.07, 6.45) is 3.67. The van der Waals surface area contributed by atoms with Crippen molar-refractivity contribution < 1.29 is 4.79 Å². The minimum absolute atomic E-state index is 0.210. The number of carbonyl (C=O) groups is 1. The fourth-order valence-corrected chi connectivity index (χ4v) is 1.66. The third-order valence-electron chi connectivity index (χ3n) is 2.68. The van der Waals surface area contributed by atoms with Gasteiger partial charge >= 0.3 is 0 Å². The third-order valence-corrected chi connectivity index (χ3v) is 2.88. The van der Waals surface area contributed by atoms with Crippen molar-refractivity contribution in [2.75, 3.05) is 26.2 Å². The predicted molar refractivity (Wildman–Crippen MR) is 71.8 cm³/mol. The van der Waals surface area contributed by atoms with Crippen molar-refractivity contribution in [3.05, 3.63) is 23.2 Å². The van der Waals surface area contributed by atoms with Crippen molar-refractivity contribution in [1.82, 2.24) is 20.2 Å². The SMILES string of the molecule is CCN(CC)CCCNC(=O)c1cnc(Cl)cn1. The summed E-state index contributed by atoms with van der Waals surface area (Å²) in [4.78, 5) is 21.7. The fraction of sp³-hybridized carbons (Fsp3) is 0.583. The van der Waals surface area contributed by atoms with Crippen molar-refractivity contribution in [3.63, 3.8) is 0 Å². The van der Waals surface area contributed by atoms with Gasteiger partial charge < -0.3 is 10.2 Å². The Bertz CT molecular complexity index is 365. The van der Waals surface area contributed by atoms with Gasteiger partial charge in [0, 0.05) is 6.54 Å². The summed E-state index contributed by atoms with van der Waals surface area (Å²) in [7, 11) is 0. The highest BCUT2D eigenvalue weighted by atomic mass is 35.5. The molecule has 0 bridgehead atoms. The van der Waals surface area contributed by atoms with E-state index in [-0.39, 0.29) is 11.1 Å². The lowest BCUT2D eigenvalue weighted by Gasteiger charge is -2.17. The molecule has 1 N–H and O–H groups in total. The molecule has 0 unspecified atom stereocenters. The van der Waals surface area contributed by atoms with Gasteiger partial charge in [0.1, 0.15) is 10.8 Å². The van der Waals surface area contributed by atoms with E-state index in [0.717, 1.165) is 26.1 Å². The van der Waals surface area contributed by atoms with Crippen LogP contribution in [0.4, 0.5) is 0 Å². The first-order chi connectivity index (χ1) is 8.67. The van der Waals surface area contributed by atoms with Crippen molar-refractivity contribution in [3.8, 4) is 0 Å². The van der Waals surface area contributed by atoms with Crippen LogP contribution in [0.15, 0.2) is 12.4 Å². The Morgan fingerprint density at radius 2 is 2.06 bits per heavy atom. The highest BCUT2D eigenvalue weighted by Gasteiger charge is 2.07. The minimum atomic E-state index is -0.210. The fourth-order valence-electron chi connectivity index (χ4n) is 1.56. The van der Waals surface area contributed by atoms with E-state index in [1.807, 2.05) is 0 Å². The zero-order valence-corrected chi connectivity index (χ0v) is 11.6. The van der Waals surface area contributed by atoms with Gasteiger partial charge in [-0.25, -0.2) is 9.97 Å². The molecule has 0 saturated carbocycles. The van der Waals surface area contributed by atoms with Crippen LogP contribution < -0.4 is 5.32 Å². The maximum atomic E-state index is 11.7. The van der Waals surface area contributed by atoms with Crippen LogP contribution in [-0.4, -0.2) is 47.0 Å². The number of carbonyl (C=O) groups excluding carboxylic acids is 1. The van der Waals surface area contributed by atoms with Gasteiger partial charge in [-0.1, -0.05) is 25.4 Å². The van der Waals surface area contributed by atoms with E-state index in [4.69, 9.17) is 11.6 Å². The molecule has 6 heteroatoms. The van der Waals surface area contributed by atoms with E-state index in [0.29, 0.717) is 12.2 Å². The van der Waals surface area contributed by atoms with E-state index in [1.54, 1.807) is 0 Å². The molecule has 0 spiro atoms. The number of nitrogens with one attached hydrogen (secondary N) is 1. The second-order valence-corrected chi connectivity index (χ2v) is 4.25. The number of aromatic nitrogens is 2. The molecule has 0 aliphatic heterocycles. The molecule has 1 amide bonds. The zero-order valence-electron chi connectivity index (χ0n) is 10.8. The number of hydrogen-bond donors (Lipinski definition) is 1. The van der Waals surface area contributed by atoms with Gasteiger partial charge in [-0.15, -0.1) is 0 Å². The van der Waals surface area contributed by atoms with Gasteiger partial charge in [-0.05, 0) is 26.1 Å². The molecular weight excluding hydrogens is 252 g/mol. The average Bonchev–Trinajstić information content (AvgIpc) is 2.39. The Morgan fingerprint density at radius 1 is 1.33 bits per heavy atom. The summed E-state index contributed by atoms with van der Waals surface area (Å²) in [5, 5.41) is 3.10. The number of rotatable bonds is 7. The maximum Gasteiger partial charge on any atom is 0.271 e. The van der Waals surface area contributed by atoms with Crippen LogP contribution in [0.3, 0.4) is 0 Å². The molecule has 0 aliphatic carbocycles. The molecule has 5 nitrogen and oxygen atoms in total. The number of halogens is 1. The van der Waals surface area contributed by atoms with Gasteiger partial charge in [-0.3, -0.25) is 4.79 Å². The summed E-state index contributed by atoms with van der Waals surface area (Å²) < 4.78 is 0. The Balaban J connectivity index is 2.27. The van der Waals surface area contributed by atoms with Gasteiger partial charge in [0.2, 0.25) is 0 Å². The topological polar surface area (TPSA) is 58.1 Å². The van der Waals surface area contributed by atoms with E-state index in [1.165, 1.54) is 12.4 Å². The van der Waals surface area contributed by atoms with Gasteiger partial charge in [-0.2, -0.15) is 0 Å². The van der Waals surface area contributed by atoms with E-state index in [2.05, 4.69) is 34.0 Å². The molecule has 1 heterocycles. The van der Waals surface area contributed by atoms with Crippen LogP contribution >= 0.6 is 11.6 Å². The lowest BCUT2D eigenvalue weighted by molar-refractivity contribution is 0.0946. The molecule has 1 aromatic heterocycles. The summed E-state index contributed by atoms with van der Waals surface area (Å²) in [5.41, 5.74) is 0.294. The molecule has 18 heavy (non-hydrogen) atoms. The van der Waals surface area contributed by atoms with Crippen LogP contribution in [0.25, 0.3) is 0 Å². The molecule has 0 aliphatic rings. The molecule has 0 saturated heterocycles. The molecule has 1 rings (SSSR count). The first-order valence-electron chi connectivity index (χ1n) is 6.15. The normalized spacial score (nSPS) is 10.7.